The Balaban J connectivity index is 1.82. The number of pyridine rings is 1. The third kappa shape index (κ3) is 5.42. The largest absolute Gasteiger partial charge is 0.494 e. The van der Waals surface area contributed by atoms with Gasteiger partial charge < -0.3 is 10.1 Å². The number of hydrogen-bond donors (Lipinski definition) is 1. The van der Waals surface area contributed by atoms with Crippen LogP contribution in [-0.4, -0.2) is 11.6 Å². The van der Waals surface area contributed by atoms with Crippen molar-refractivity contribution < 1.29 is 9.13 Å². The number of benzene rings is 1. The van der Waals surface area contributed by atoms with E-state index in [2.05, 4.69) is 24.1 Å². The summed E-state index contributed by atoms with van der Waals surface area (Å²) in [4.78, 5) is 3.76. The minimum Gasteiger partial charge on any atom is -0.494 e. The molecule has 0 aliphatic heterocycles. The zero-order valence-corrected chi connectivity index (χ0v) is 12.5. The van der Waals surface area contributed by atoms with Crippen molar-refractivity contribution >= 4 is 5.82 Å². The summed E-state index contributed by atoms with van der Waals surface area (Å²) in [6.07, 6.45) is 1.05. The maximum absolute atomic E-state index is 13.0. The lowest BCUT2D eigenvalue weighted by molar-refractivity contribution is 0.289. The number of ether oxygens (including phenoxy) is 1. The first-order chi connectivity index (χ1) is 10.1. The van der Waals surface area contributed by atoms with Crippen LogP contribution in [0.15, 0.2) is 42.5 Å². The van der Waals surface area contributed by atoms with Crippen LogP contribution in [0.5, 0.6) is 5.75 Å². The molecule has 0 aliphatic rings. The van der Waals surface area contributed by atoms with Gasteiger partial charge in [-0.3, -0.25) is 0 Å². The van der Waals surface area contributed by atoms with Gasteiger partial charge >= 0.3 is 0 Å². The fourth-order valence-electron chi connectivity index (χ4n) is 1.82. The highest BCUT2D eigenvalue weighted by Gasteiger charge is 1.99. The minimum atomic E-state index is -0.478. The fraction of sp³-hybridized carbons (Fsp3) is 0.353. The highest BCUT2D eigenvalue weighted by Crippen LogP contribution is 2.14. The van der Waals surface area contributed by atoms with E-state index < -0.39 is 5.95 Å². The Kier molecular flexibility index (Phi) is 5.55. The SMILES string of the molecule is CC(C)CCOc1ccc(CNc2cccc(F)n2)cc1. The van der Waals surface area contributed by atoms with Crippen LogP contribution in [0, 0.1) is 11.9 Å². The lowest BCUT2D eigenvalue weighted by atomic mass is 10.1. The van der Waals surface area contributed by atoms with E-state index in [1.54, 1.807) is 12.1 Å². The summed E-state index contributed by atoms with van der Waals surface area (Å²) in [6, 6.07) is 12.6. The van der Waals surface area contributed by atoms with Gasteiger partial charge in [-0.15, -0.1) is 0 Å². The molecule has 0 amide bonds. The highest BCUT2D eigenvalue weighted by atomic mass is 19.1. The van der Waals surface area contributed by atoms with E-state index >= 15 is 0 Å². The number of hydrogen-bond acceptors (Lipinski definition) is 3. The van der Waals surface area contributed by atoms with Crippen LogP contribution in [0.3, 0.4) is 0 Å². The third-order valence-corrected chi connectivity index (χ3v) is 3.08. The second kappa shape index (κ2) is 7.62. The summed E-state index contributed by atoms with van der Waals surface area (Å²) >= 11 is 0. The Morgan fingerprint density at radius 2 is 1.90 bits per heavy atom. The fourth-order valence-corrected chi connectivity index (χ4v) is 1.82. The number of anilines is 1. The molecule has 0 spiro atoms. The Hall–Kier alpha value is -2.10. The van der Waals surface area contributed by atoms with Crippen LogP contribution in [0.2, 0.25) is 0 Å². The minimum absolute atomic E-state index is 0.478. The molecule has 3 nitrogen and oxygen atoms in total. The van der Waals surface area contributed by atoms with Gasteiger partial charge in [-0.05, 0) is 42.2 Å². The van der Waals surface area contributed by atoms with Crippen molar-refractivity contribution in [1.29, 1.82) is 0 Å². The molecular weight excluding hydrogens is 267 g/mol. The van der Waals surface area contributed by atoms with Crippen LogP contribution in [0.1, 0.15) is 25.8 Å². The molecule has 1 N–H and O–H groups in total. The summed E-state index contributed by atoms with van der Waals surface area (Å²) in [5, 5.41) is 3.09. The molecule has 0 unspecified atom stereocenters. The quantitative estimate of drug-likeness (QED) is 0.773. The smallest absolute Gasteiger partial charge is 0.214 e. The van der Waals surface area contributed by atoms with Crippen molar-refractivity contribution in [2.24, 2.45) is 5.92 Å². The van der Waals surface area contributed by atoms with E-state index in [9.17, 15) is 4.39 Å². The molecule has 1 aromatic heterocycles. The normalized spacial score (nSPS) is 10.7. The molecule has 0 atom stereocenters. The molecule has 2 rings (SSSR count). The van der Waals surface area contributed by atoms with Crippen LogP contribution in [0.4, 0.5) is 10.2 Å². The lowest BCUT2D eigenvalue weighted by Gasteiger charge is -2.09. The summed E-state index contributed by atoms with van der Waals surface area (Å²) < 4.78 is 18.6. The van der Waals surface area contributed by atoms with Gasteiger partial charge in [0, 0.05) is 6.54 Å². The number of nitrogens with one attached hydrogen (secondary N) is 1. The first-order valence-corrected chi connectivity index (χ1v) is 7.21. The monoisotopic (exact) mass is 288 g/mol. The van der Waals surface area contributed by atoms with Crippen molar-refractivity contribution in [3.05, 3.63) is 54.0 Å². The number of aromatic nitrogens is 1. The molecule has 1 heterocycles. The number of halogens is 1. The van der Waals surface area contributed by atoms with E-state index in [0.29, 0.717) is 18.3 Å². The molecule has 2 aromatic rings. The molecule has 0 radical (unpaired) electrons. The summed E-state index contributed by atoms with van der Waals surface area (Å²) in [5.41, 5.74) is 1.09. The predicted octanol–water partition coefficient (Wildman–Crippen LogP) is 4.26. The van der Waals surface area contributed by atoms with Crippen molar-refractivity contribution in [3.63, 3.8) is 0 Å². The lowest BCUT2D eigenvalue weighted by Crippen LogP contribution is -2.03. The van der Waals surface area contributed by atoms with E-state index in [-0.39, 0.29) is 0 Å². The summed E-state index contributed by atoms with van der Waals surface area (Å²) in [6.45, 7) is 5.70. The third-order valence-electron chi connectivity index (χ3n) is 3.08. The zero-order valence-electron chi connectivity index (χ0n) is 12.5. The summed E-state index contributed by atoms with van der Waals surface area (Å²) in [7, 11) is 0. The molecule has 0 aliphatic carbocycles. The second-order valence-electron chi connectivity index (χ2n) is 5.37. The van der Waals surface area contributed by atoms with E-state index in [1.807, 2.05) is 24.3 Å². The standard InChI is InChI=1S/C17H21FN2O/c1-13(2)10-11-21-15-8-6-14(7-9-15)12-19-17-5-3-4-16(18)20-17/h3-9,13H,10-12H2,1-2H3,(H,19,20). The predicted molar refractivity (Wildman–Crippen MR) is 82.9 cm³/mol. The number of nitrogens with zero attached hydrogens (tertiary/aromatic N) is 1. The Morgan fingerprint density at radius 3 is 2.57 bits per heavy atom. The van der Waals surface area contributed by atoms with Gasteiger partial charge in [0.05, 0.1) is 6.61 Å². The maximum Gasteiger partial charge on any atom is 0.214 e. The Bertz CT molecular complexity index is 555. The van der Waals surface area contributed by atoms with Gasteiger partial charge in [0.1, 0.15) is 11.6 Å². The second-order valence-corrected chi connectivity index (χ2v) is 5.37. The average molecular weight is 288 g/mol. The van der Waals surface area contributed by atoms with E-state index in [4.69, 9.17) is 4.74 Å². The van der Waals surface area contributed by atoms with Crippen LogP contribution >= 0.6 is 0 Å². The first kappa shape index (κ1) is 15.3. The van der Waals surface area contributed by atoms with Crippen molar-refractivity contribution in [2.45, 2.75) is 26.8 Å². The van der Waals surface area contributed by atoms with Gasteiger partial charge in [-0.1, -0.05) is 32.0 Å². The first-order valence-electron chi connectivity index (χ1n) is 7.21. The van der Waals surface area contributed by atoms with Gasteiger partial charge in [-0.25, -0.2) is 4.98 Å². The van der Waals surface area contributed by atoms with Crippen molar-refractivity contribution in [2.75, 3.05) is 11.9 Å². The van der Waals surface area contributed by atoms with Gasteiger partial charge in [0.25, 0.3) is 0 Å². The Labute approximate surface area is 125 Å². The molecule has 0 saturated heterocycles. The van der Waals surface area contributed by atoms with E-state index in [1.165, 1.54) is 6.07 Å². The molecule has 112 valence electrons. The molecule has 1 aromatic carbocycles. The zero-order chi connectivity index (χ0) is 15.1. The van der Waals surface area contributed by atoms with Crippen molar-refractivity contribution in [3.8, 4) is 5.75 Å². The molecule has 21 heavy (non-hydrogen) atoms. The number of rotatable bonds is 7. The van der Waals surface area contributed by atoms with Crippen LogP contribution in [-0.2, 0) is 6.54 Å². The van der Waals surface area contributed by atoms with Crippen molar-refractivity contribution in [1.82, 2.24) is 4.98 Å². The molecule has 0 bridgehead atoms. The molecule has 4 heteroatoms. The molecule has 0 saturated carbocycles. The van der Waals surface area contributed by atoms with Gasteiger partial charge in [0.15, 0.2) is 0 Å². The molecule has 0 fully saturated rings. The molecular formula is C17H21FN2O. The summed E-state index contributed by atoms with van der Waals surface area (Å²) in [5.74, 6) is 1.58. The van der Waals surface area contributed by atoms with Gasteiger partial charge in [0.2, 0.25) is 5.95 Å². The van der Waals surface area contributed by atoms with Gasteiger partial charge in [-0.2, -0.15) is 4.39 Å². The highest BCUT2D eigenvalue weighted by molar-refractivity contribution is 5.36. The van der Waals surface area contributed by atoms with E-state index in [0.717, 1.165) is 24.3 Å². The van der Waals surface area contributed by atoms with Crippen LogP contribution in [0.25, 0.3) is 0 Å². The topological polar surface area (TPSA) is 34.1 Å². The maximum atomic E-state index is 13.0. The van der Waals surface area contributed by atoms with Crippen LogP contribution < -0.4 is 10.1 Å². The average Bonchev–Trinajstić information content (AvgIpc) is 2.46. The Morgan fingerprint density at radius 1 is 1.14 bits per heavy atom.